The van der Waals surface area contributed by atoms with E-state index in [-0.39, 0.29) is 6.04 Å². The molecule has 100 valence electrons. The van der Waals surface area contributed by atoms with Crippen molar-refractivity contribution in [2.24, 2.45) is 11.5 Å². The molecule has 0 spiro atoms. The first kappa shape index (κ1) is 14.1. The second kappa shape index (κ2) is 6.19. The van der Waals surface area contributed by atoms with E-state index in [4.69, 9.17) is 16.2 Å². The van der Waals surface area contributed by atoms with Crippen LogP contribution in [-0.4, -0.2) is 7.11 Å². The normalized spacial score (nSPS) is 12.2. The van der Waals surface area contributed by atoms with Gasteiger partial charge in [-0.25, -0.2) is 0 Å². The van der Waals surface area contributed by atoms with Crippen molar-refractivity contribution in [3.63, 3.8) is 0 Å². The summed E-state index contributed by atoms with van der Waals surface area (Å²) in [5.74, 6) is 0.800. The Morgan fingerprint density at radius 2 is 1.74 bits per heavy atom. The maximum atomic E-state index is 6.28. The maximum absolute atomic E-state index is 6.28. The third kappa shape index (κ3) is 3.15. The zero-order valence-corrected chi connectivity index (χ0v) is 12.4. The average Bonchev–Trinajstić information content (AvgIpc) is 2.46. The van der Waals surface area contributed by atoms with Gasteiger partial charge in [-0.2, -0.15) is 0 Å². The van der Waals surface area contributed by atoms with Crippen LogP contribution >= 0.6 is 15.9 Å². The van der Waals surface area contributed by atoms with E-state index in [0.717, 1.165) is 26.9 Å². The highest BCUT2D eigenvalue weighted by Crippen LogP contribution is 2.29. The SMILES string of the molecule is COc1ccc(C(N)c2ccc(CN)cc2)cc1Br. The van der Waals surface area contributed by atoms with E-state index in [0.29, 0.717) is 6.54 Å². The monoisotopic (exact) mass is 320 g/mol. The Kier molecular flexibility index (Phi) is 4.58. The molecule has 4 N–H and O–H groups in total. The molecule has 19 heavy (non-hydrogen) atoms. The van der Waals surface area contributed by atoms with Crippen molar-refractivity contribution >= 4 is 15.9 Å². The standard InChI is InChI=1S/C15H17BrN2O/c1-19-14-7-6-12(8-13(14)16)15(18)11-4-2-10(9-17)3-5-11/h2-8,15H,9,17-18H2,1H3. The van der Waals surface area contributed by atoms with Crippen molar-refractivity contribution in [3.05, 3.63) is 63.6 Å². The molecule has 0 aliphatic rings. The molecule has 4 heteroatoms. The van der Waals surface area contributed by atoms with Gasteiger partial charge in [-0.3, -0.25) is 0 Å². The van der Waals surface area contributed by atoms with Gasteiger partial charge in [0.15, 0.2) is 0 Å². The van der Waals surface area contributed by atoms with E-state index in [1.54, 1.807) is 7.11 Å². The van der Waals surface area contributed by atoms with Crippen LogP contribution in [0.2, 0.25) is 0 Å². The first-order chi connectivity index (χ1) is 9.15. The molecule has 1 atom stereocenters. The van der Waals surface area contributed by atoms with E-state index in [1.807, 2.05) is 42.5 Å². The topological polar surface area (TPSA) is 61.3 Å². The Morgan fingerprint density at radius 3 is 2.26 bits per heavy atom. The summed E-state index contributed by atoms with van der Waals surface area (Å²) in [5.41, 5.74) is 15.1. The fourth-order valence-corrected chi connectivity index (χ4v) is 2.49. The Balaban J connectivity index is 2.27. The predicted octanol–water partition coefficient (Wildman–Crippen LogP) is 2.96. The fourth-order valence-electron chi connectivity index (χ4n) is 1.93. The van der Waals surface area contributed by atoms with Crippen LogP contribution in [-0.2, 0) is 6.54 Å². The first-order valence-electron chi connectivity index (χ1n) is 6.03. The number of ether oxygens (including phenoxy) is 1. The third-order valence-corrected chi connectivity index (χ3v) is 3.73. The molecule has 3 nitrogen and oxygen atoms in total. The molecule has 0 amide bonds. The minimum atomic E-state index is -0.158. The molecule has 0 bridgehead atoms. The number of rotatable bonds is 4. The van der Waals surface area contributed by atoms with Crippen molar-refractivity contribution in [1.29, 1.82) is 0 Å². The van der Waals surface area contributed by atoms with Gasteiger partial charge in [0.2, 0.25) is 0 Å². The van der Waals surface area contributed by atoms with E-state index < -0.39 is 0 Å². The molecule has 0 radical (unpaired) electrons. The van der Waals surface area contributed by atoms with Gasteiger partial charge in [-0.1, -0.05) is 30.3 Å². The number of methoxy groups -OCH3 is 1. The third-order valence-electron chi connectivity index (χ3n) is 3.11. The highest BCUT2D eigenvalue weighted by molar-refractivity contribution is 9.10. The van der Waals surface area contributed by atoms with Gasteiger partial charge in [-0.05, 0) is 44.8 Å². The summed E-state index contributed by atoms with van der Waals surface area (Å²) in [6, 6.07) is 13.8. The van der Waals surface area contributed by atoms with E-state index in [9.17, 15) is 0 Å². The zero-order chi connectivity index (χ0) is 13.8. The first-order valence-corrected chi connectivity index (χ1v) is 6.83. The molecule has 0 heterocycles. The molecular weight excluding hydrogens is 304 g/mol. The van der Waals surface area contributed by atoms with Crippen molar-refractivity contribution in [3.8, 4) is 5.75 Å². The van der Waals surface area contributed by atoms with Crippen LogP contribution in [0.5, 0.6) is 5.75 Å². The van der Waals surface area contributed by atoms with Gasteiger partial charge in [0.05, 0.1) is 17.6 Å². The molecule has 2 aromatic carbocycles. The Bertz CT molecular complexity index is 555. The Hall–Kier alpha value is -1.36. The van der Waals surface area contributed by atoms with Gasteiger partial charge in [-0.15, -0.1) is 0 Å². The molecule has 0 saturated heterocycles. The summed E-state index contributed by atoms with van der Waals surface area (Å²) < 4.78 is 6.12. The highest BCUT2D eigenvalue weighted by Gasteiger charge is 2.11. The molecule has 2 rings (SSSR count). The van der Waals surface area contributed by atoms with Gasteiger partial charge in [0.25, 0.3) is 0 Å². The molecule has 1 unspecified atom stereocenters. The largest absolute Gasteiger partial charge is 0.496 e. The van der Waals surface area contributed by atoms with Crippen molar-refractivity contribution in [1.82, 2.24) is 0 Å². The van der Waals surface area contributed by atoms with Crippen LogP contribution in [0, 0.1) is 0 Å². The quantitative estimate of drug-likeness (QED) is 0.910. The smallest absolute Gasteiger partial charge is 0.133 e. The summed E-state index contributed by atoms with van der Waals surface area (Å²) >= 11 is 3.47. The lowest BCUT2D eigenvalue weighted by molar-refractivity contribution is 0.412. The van der Waals surface area contributed by atoms with E-state index in [2.05, 4.69) is 15.9 Å². The van der Waals surface area contributed by atoms with Crippen molar-refractivity contribution in [2.75, 3.05) is 7.11 Å². The van der Waals surface area contributed by atoms with Gasteiger partial charge in [0, 0.05) is 6.54 Å². The summed E-state index contributed by atoms with van der Waals surface area (Å²) in [5, 5.41) is 0. The Morgan fingerprint density at radius 1 is 1.11 bits per heavy atom. The van der Waals surface area contributed by atoms with Crippen LogP contribution in [0.15, 0.2) is 46.9 Å². The lowest BCUT2D eigenvalue weighted by Crippen LogP contribution is -2.12. The Labute approximate surface area is 121 Å². The highest BCUT2D eigenvalue weighted by atomic mass is 79.9. The predicted molar refractivity (Wildman–Crippen MR) is 81.1 cm³/mol. The molecule has 0 aromatic heterocycles. The molecule has 2 aromatic rings. The molecular formula is C15H17BrN2O. The summed E-state index contributed by atoms with van der Waals surface area (Å²) in [6.45, 7) is 0.545. The summed E-state index contributed by atoms with van der Waals surface area (Å²) in [6.07, 6.45) is 0. The number of nitrogens with two attached hydrogens (primary N) is 2. The second-order valence-corrected chi connectivity index (χ2v) is 5.17. The number of halogens is 1. The van der Waals surface area contributed by atoms with E-state index in [1.165, 1.54) is 0 Å². The van der Waals surface area contributed by atoms with Crippen LogP contribution in [0.25, 0.3) is 0 Å². The lowest BCUT2D eigenvalue weighted by atomic mass is 9.98. The maximum Gasteiger partial charge on any atom is 0.133 e. The summed E-state index contributed by atoms with van der Waals surface area (Å²) in [7, 11) is 1.64. The van der Waals surface area contributed by atoms with E-state index >= 15 is 0 Å². The fraction of sp³-hybridized carbons (Fsp3) is 0.200. The number of hydrogen-bond donors (Lipinski definition) is 2. The minimum Gasteiger partial charge on any atom is -0.496 e. The molecule has 0 saturated carbocycles. The zero-order valence-electron chi connectivity index (χ0n) is 10.8. The molecule has 0 fully saturated rings. The minimum absolute atomic E-state index is 0.158. The average molecular weight is 321 g/mol. The van der Waals surface area contributed by atoms with Gasteiger partial charge < -0.3 is 16.2 Å². The second-order valence-electron chi connectivity index (χ2n) is 4.32. The van der Waals surface area contributed by atoms with Crippen molar-refractivity contribution < 1.29 is 4.74 Å². The van der Waals surface area contributed by atoms with Crippen LogP contribution in [0.4, 0.5) is 0 Å². The molecule has 0 aliphatic heterocycles. The number of hydrogen-bond acceptors (Lipinski definition) is 3. The van der Waals surface area contributed by atoms with Crippen molar-refractivity contribution in [2.45, 2.75) is 12.6 Å². The number of benzene rings is 2. The van der Waals surface area contributed by atoms with Gasteiger partial charge in [0.1, 0.15) is 5.75 Å². The lowest BCUT2D eigenvalue weighted by Gasteiger charge is -2.14. The van der Waals surface area contributed by atoms with Crippen LogP contribution in [0.1, 0.15) is 22.7 Å². The van der Waals surface area contributed by atoms with Crippen LogP contribution < -0.4 is 16.2 Å². The van der Waals surface area contributed by atoms with Crippen LogP contribution in [0.3, 0.4) is 0 Å². The molecule has 0 aliphatic carbocycles. The summed E-state index contributed by atoms with van der Waals surface area (Å²) in [4.78, 5) is 0. The van der Waals surface area contributed by atoms with Gasteiger partial charge >= 0.3 is 0 Å².